The Labute approximate surface area is 109 Å². The minimum absolute atomic E-state index is 0.256. The molecule has 18 heavy (non-hydrogen) atoms. The van der Waals surface area contributed by atoms with Crippen LogP contribution in [0.5, 0.6) is 0 Å². The number of nitrogens with one attached hydrogen (secondary N) is 1. The molecule has 0 amide bonds. The Kier molecular flexibility index (Phi) is 3.42. The maximum atomic E-state index is 12.1. The summed E-state index contributed by atoms with van der Waals surface area (Å²) < 4.78 is 28.4. The molecule has 0 bridgehead atoms. The van der Waals surface area contributed by atoms with Crippen molar-refractivity contribution in [2.45, 2.75) is 17.7 Å². The first-order valence-electron chi connectivity index (χ1n) is 5.24. The van der Waals surface area contributed by atoms with Gasteiger partial charge in [0.25, 0.3) is 10.0 Å². The quantitative estimate of drug-likeness (QED) is 0.879. The summed E-state index contributed by atoms with van der Waals surface area (Å²) in [5, 5.41) is 3.98. The van der Waals surface area contributed by atoms with Gasteiger partial charge in [0.1, 0.15) is 4.21 Å². The monoisotopic (exact) mass is 286 g/mol. The molecule has 0 aliphatic rings. The van der Waals surface area contributed by atoms with Gasteiger partial charge in [-0.15, -0.1) is 11.3 Å². The van der Waals surface area contributed by atoms with E-state index in [-0.39, 0.29) is 4.21 Å². The largest absolute Gasteiger partial charge is 0.326 e. The standard InChI is InChI=1S/C10H14N4O2S2/c1-7-5-10(17-8(7)6-11)18(15,16)13-9-3-4-14(2)12-9/h3-5H,6,11H2,1-2H3,(H,12,13). The van der Waals surface area contributed by atoms with Crippen LogP contribution in [-0.4, -0.2) is 18.2 Å². The van der Waals surface area contributed by atoms with Gasteiger partial charge in [-0.25, -0.2) is 8.42 Å². The number of thiophene rings is 1. The highest BCUT2D eigenvalue weighted by Crippen LogP contribution is 2.26. The molecule has 0 spiro atoms. The molecule has 0 aliphatic carbocycles. The number of sulfonamides is 1. The van der Waals surface area contributed by atoms with Gasteiger partial charge in [-0.2, -0.15) is 5.10 Å². The van der Waals surface area contributed by atoms with Crippen molar-refractivity contribution in [3.8, 4) is 0 Å². The summed E-state index contributed by atoms with van der Waals surface area (Å²) in [6, 6.07) is 3.22. The second-order valence-electron chi connectivity index (χ2n) is 3.86. The van der Waals surface area contributed by atoms with Gasteiger partial charge in [0.2, 0.25) is 0 Å². The Morgan fingerprint density at radius 3 is 2.78 bits per heavy atom. The van der Waals surface area contributed by atoms with E-state index in [1.807, 2.05) is 6.92 Å². The summed E-state index contributed by atoms with van der Waals surface area (Å²) in [6.45, 7) is 2.19. The minimum atomic E-state index is -3.57. The highest BCUT2D eigenvalue weighted by atomic mass is 32.2. The molecule has 98 valence electrons. The number of anilines is 1. The van der Waals surface area contributed by atoms with E-state index in [0.717, 1.165) is 10.4 Å². The van der Waals surface area contributed by atoms with E-state index in [2.05, 4.69) is 9.82 Å². The Morgan fingerprint density at radius 2 is 2.28 bits per heavy atom. The van der Waals surface area contributed by atoms with Crippen LogP contribution in [0.25, 0.3) is 0 Å². The molecule has 2 aromatic heterocycles. The summed E-state index contributed by atoms with van der Waals surface area (Å²) in [7, 11) is -1.85. The van der Waals surface area contributed by atoms with Gasteiger partial charge in [0.05, 0.1) is 0 Å². The van der Waals surface area contributed by atoms with E-state index in [0.29, 0.717) is 12.4 Å². The molecule has 6 nitrogen and oxygen atoms in total. The van der Waals surface area contributed by atoms with Gasteiger partial charge in [0.15, 0.2) is 5.82 Å². The first-order valence-corrected chi connectivity index (χ1v) is 7.54. The number of rotatable bonds is 4. The second-order valence-corrected chi connectivity index (χ2v) is 6.90. The van der Waals surface area contributed by atoms with Crippen LogP contribution in [0.15, 0.2) is 22.5 Å². The number of nitrogens with two attached hydrogens (primary N) is 1. The summed E-state index contributed by atoms with van der Waals surface area (Å²) in [5.41, 5.74) is 6.44. The summed E-state index contributed by atoms with van der Waals surface area (Å²) in [5.74, 6) is 0.304. The Balaban J connectivity index is 2.30. The molecule has 0 aliphatic heterocycles. The molecule has 0 aromatic carbocycles. The maximum absolute atomic E-state index is 12.1. The molecule has 0 saturated carbocycles. The average molecular weight is 286 g/mol. The SMILES string of the molecule is Cc1cc(S(=O)(=O)Nc2ccn(C)n2)sc1CN. The molecule has 0 unspecified atom stereocenters. The average Bonchev–Trinajstić information content (AvgIpc) is 2.84. The zero-order valence-corrected chi connectivity index (χ0v) is 11.7. The molecule has 0 saturated heterocycles. The lowest BCUT2D eigenvalue weighted by Crippen LogP contribution is -2.12. The minimum Gasteiger partial charge on any atom is -0.326 e. The fraction of sp³-hybridized carbons (Fsp3) is 0.300. The summed E-state index contributed by atoms with van der Waals surface area (Å²) in [6.07, 6.45) is 1.67. The summed E-state index contributed by atoms with van der Waals surface area (Å²) in [4.78, 5) is 0.872. The van der Waals surface area contributed by atoms with Gasteiger partial charge in [0, 0.05) is 30.7 Å². The molecular weight excluding hydrogens is 272 g/mol. The van der Waals surface area contributed by atoms with Crippen LogP contribution in [-0.2, 0) is 23.6 Å². The third kappa shape index (κ3) is 2.55. The summed E-state index contributed by atoms with van der Waals surface area (Å²) >= 11 is 1.18. The van der Waals surface area contributed by atoms with Crippen molar-refractivity contribution in [1.29, 1.82) is 0 Å². The van der Waals surface area contributed by atoms with Crippen molar-refractivity contribution in [1.82, 2.24) is 9.78 Å². The number of hydrogen-bond donors (Lipinski definition) is 2. The Hall–Kier alpha value is -1.38. The van der Waals surface area contributed by atoms with E-state index in [4.69, 9.17) is 5.73 Å². The van der Waals surface area contributed by atoms with Gasteiger partial charge in [-0.05, 0) is 18.6 Å². The normalized spacial score (nSPS) is 11.7. The lowest BCUT2D eigenvalue weighted by atomic mass is 10.3. The number of aromatic nitrogens is 2. The van der Waals surface area contributed by atoms with Crippen molar-refractivity contribution < 1.29 is 8.42 Å². The van der Waals surface area contributed by atoms with Gasteiger partial charge in [-0.1, -0.05) is 0 Å². The number of aryl methyl sites for hydroxylation is 2. The van der Waals surface area contributed by atoms with Crippen LogP contribution in [0.4, 0.5) is 5.82 Å². The molecule has 0 atom stereocenters. The Bertz CT molecular complexity index is 657. The van der Waals surface area contributed by atoms with E-state index < -0.39 is 10.0 Å². The third-order valence-electron chi connectivity index (χ3n) is 2.40. The van der Waals surface area contributed by atoms with Crippen molar-refractivity contribution >= 4 is 27.2 Å². The van der Waals surface area contributed by atoms with Crippen LogP contribution in [0.2, 0.25) is 0 Å². The zero-order chi connectivity index (χ0) is 13.3. The fourth-order valence-corrected chi connectivity index (χ4v) is 3.95. The number of nitrogens with zero attached hydrogens (tertiary/aromatic N) is 2. The van der Waals surface area contributed by atoms with Crippen LogP contribution in [0.3, 0.4) is 0 Å². The second kappa shape index (κ2) is 4.71. The first-order chi connectivity index (χ1) is 8.42. The van der Waals surface area contributed by atoms with Crippen LogP contribution in [0, 0.1) is 6.92 Å². The number of hydrogen-bond acceptors (Lipinski definition) is 5. The molecule has 0 fully saturated rings. The van der Waals surface area contributed by atoms with Crippen molar-refractivity contribution in [3.63, 3.8) is 0 Å². The van der Waals surface area contributed by atoms with Gasteiger partial charge >= 0.3 is 0 Å². The van der Waals surface area contributed by atoms with Crippen LogP contribution in [0.1, 0.15) is 10.4 Å². The zero-order valence-electron chi connectivity index (χ0n) is 10.0. The molecule has 2 aromatic rings. The van der Waals surface area contributed by atoms with Crippen molar-refractivity contribution in [3.05, 3.63) is 28.8 Å². The smallest absolute Gasteiger partial charge is 0.272 e. The predicted octanol–water partition coefficient (Wildman–Crippen LogP) is 1.05. The van der Waals surface area contributed by atoms with Crippen LogP contribution >= 0.6 is 11.3 Å². The van der Waals surface area contributed by atoms with Gasteiger partial charge < -0.3 is 5.73 Å². The van der Waals surface area contributed by atoms with Gasteiger partial charge in [-0.3, -0.25) is 9.40 Å². The fourth-order valence-electron chi connectivity index (χ4n) is 1.48. The van der Waals surface area contributed by atoms with Crippen LogP contribution < -0.4 is 10.5 Å². The lowest BCUT2D eigenvalue weighted by Gasteiger charge is -2.01. The third-order valence-corrected chi connectivity index (χ3v) is 5.49. The van der Waals surface area contributed by atoms with E-state index in [1.165, 1.54) is 16.0 Å². The van der Waals surface area contributed by atoms with E-state index in [9.17, 15) is 8.42 Å². The highest BCUT2D eigenvalue weighted by molar-refractivity contribution is 7.94. The van der Waals surface area contributed by atoms with E-state index >= 15 is 0 Å². The Morgan fingerprint density at radius 1 is 1.56 bits per heavy atom. The molecule has 3 N–H and O–H groups in total. The lowest BCUT2D eigenvalue weighted by molar-refractivity contribution is 0.602. The molecule has 8 heteroatoms. The molecule has 0 radical (unpaired) electrons. The topological polar surface area (TPSA) is 90.0 Å². The predicted molar refractivity (Wildman–Crippen MR) is 71.0 cm³/mol. The van der Waals surface area contributed by atoms with E-state index in [1.54, 1.807) is 25.4 Å². The van der Waals surface area contributed by atoms with Crippen molar-refractivity contribution in [2.24, 2.45) is 12.8 Å². The maximum Gasteiger partial charge on any atom is 0.272 e. The highest BCUT2D eigenvalue weighted by Gasteiger charge is 2.19. The van der Waals surface area contributed by atoms with Crippen molar-refractivity contribution in [2.75, 3.05) is 4.72 Å². The first kappa shape index (κ1) is 13.1. The molecular formula is C10H14N4O2S2. The molecule has 2 rings (SSSR count). The molecule has 2 heterocycles.